The molecule has 1 aromatic heterocycles. The molecule has 0 bridgehead atoms. The van der Waals surface area contributed by atoms with Gasteiger partial charge in [-0.2, -0.15) is 16.7 Å². The molecule has 1 aromatic rings. The van der Waals surface area contributed by atoms with E-state index in [2.05, 4.69) is 43.5 Å². The van der Waals surface area contributed by atoms with Gasteiger partial charge >= 0.3 is 0 Å². The van der Waals surface area contributed by atoms with E-state index in [1.807, 2.05) is 11.8 Å². The molecule has 0 aliphatic heterocycles. The van der Waals surface area contributed by atoms with Gasteiger partial charge in [0, 0.05) is 31.6 Å². The van der Waals surface area contributed by atoms with Gasteiger partial charge in [0.15, 0.2) is 0 Å². The van der Waals surface area contributed by atoms with Gasteiger partial charge in [-0.3, -0.25) is 0 Å². The average molecular weight is 349 g/mol. The number of aromatic nitrogens is 2. The first-order valence-electron chi connectivity index (χ1n) is 6.46. The highest BCUT2D eigenvalue weighted by atomic mass is 79.9. The lowest BCUT2D eigenvalue weighted by molar-refractivity contribution is 0.296. The van der Waals surface area contributed by atoms with Gasteiger partial charge in [-0.25, -0.2) is 4.98 Å². The van der Waals surface area contributed by atoms with Gasteiger partial charge in [0.1, 0.15) is 5.82 Å². The van der Waals surface area contributed by atoms with Gasteiger partial charge in [0.2, 0.25) is 5.95 Å². The number of anilines is 2. The van der Waals surface area contributed by atoms with Crippen molar-refractivity contribution in [3.05, 3.63) is 10.7 Å². The summed E-state index contributed by atoms with van der Waals surface area (Å²) in [5.41, 5.74) is 0. The summed E-state index contributed by atoms with van der Waals surface area (Å²) in [6, 6.07) is 0. The monoisotopic (exact) mass is 348 g/mol. The molecule has 7 heteroatoms. The van der Waals surface area contributed by atoms with E-state index in [0.717, 1.165) is 47.7 Å². The topological polar surface area (TPSA) is 70.1 Å². The number of nitrogens with zero attached hydrogens (tertiary/aromatic N) is 2. The van der Waals surface area contributed by atoms with Crippen molar-refractivity contribution in [2.45, 2.75) is 19.8 Å². The van der Waals surface area contributed by atoms with Crippen molar-refractivity contribution in [2.75, 3.05) is 41.8 Å². The minimum Gasteiger partial charge on any atom is -0.396 e. The first kappa shape index (κ1) is 16.5. The fourth-order valence-electron chi connectivity index (χ4n) is 1.32. The maximum absolute atomic E-state index is 8.68. The zero-order chi connectivity index (χ0) is 13.9. The van der Waals surface area contributed by atoms with Crippen LogP contribution in [0.3, 0.4) is 0 Å². The van der Waals surface area contributed by atoms with Crippen LogP contribution in [0.4, 0.5) is 11.8 Å². The quantitative estimate of drug-likeness (QED) is 0.564. The molecule has 3 N–H and O–H groups in total. The van der Waals surface area contributed by atoms with Crippen LogP contribution in [0.5, 0.6) is 0 Å². The Labute approximate surface area is 127 Å². The Morgan fingerprint density at radius 2 is 2.16 bits per heavy atom. The Kier molecular flexibility index (Phi) is 8.94. The lowest BCUT2D eigenvalue weighted by Gasteiger charge is -2.09. The van der Waals surface area contributed by atoms with Gasteiger partial charge in [0.25, 0.3) is 0 Å². The first-order chi connectivity index (χ1) is 9.27. The van der Waals surface area contributed by atoms with Crippen LogP contribution in [-0.2, 0) is 0 Å². The number of aliphatic hydroxyl groups is 1. The molecule has 0 fully saturated rings. The van der Waals surface area contributed by atoms with E-state index in [0.29, 0.717) is 5.95 Å². The van der Waals surface area contributed by atoms with Gasteiger partial charge in [-0.1, -0.05) is 6.92 Å². The third-order valence-corrected chi connectivity index (χ3v) is 3.91. The SMILES string of the molecule is CCCNc1ncc(Br)c(NCCSCCCO)n1. The second-order valence-electron chi connectivity index (χ2n) is 3.93. The molecular formula is C12H21BrN4OS. The molecule has 0 unspecified atom stereocenters. The minimum absolute atomic E-state index is 0.268. The van der Waals surface area contributed by atoms with Crippen LogP contribution in [0.1, 0.15) is 19.8 Å². The minimum atomic E-state index is 0.268. The number of rotatable bonds is 10. The number of nitrogens with one attached hydrogen (secondary N) is 2. The molecule has 0 saturated heterocycles. The van der Waals surface area contributed by atoms with Crippen molar-refractivity contribution in [3.63, 3.8) is 0 Å². The molecule has 0 saturated carbocycles. The summed E-state index contributed by atoms with van der Waals surface area (Å²) in [5, 5.41) is 15.1. The lowest BCUT2D eigenvalue weighted by Crippen LogP contribution is -2.10. The molecular weight excluding hydrogens is 328 g/mol. The zero-order valence-electron chi connectivity index (χ0n) is 11.2. The Bertz CT molecular complexity index is 368. The highest BCUT2D eigenvalue weighted by Crippen LogP contribution is 2.20. The number of aliphatic hydroxyl groups excluding tert-OH is 1. The first-order valence-corrected chi connectivity index (χ1v) is 8.41. The standard InChI is InChI=1S/C12H21BrN4OS/c1-2-4-15-12-16-9-10(13)11(17-12)14-5-8-19-7-3-6-18/h9,18H,2-8H2,1H3,(H2,14,15,16,17). The van der Waals surface area contributed by atoms with E-state index >= 15 is 0 Å². The van der Waals surface area contributed by atoms with Crippen molar-refractivity contribution < 1.29 is 5.11 Å². The Morgan fingerprint density at radius 3 is 2.89 bits per heavy atom. The van der Waals surface area contributed by atoms with Crippen molar-refractivity contribution >= 4 is 39.5 Å². The van der Waals surface area contributed by atoms with Crippen molar-refractivity contribution in [3.8, 4) is 0 Å². The summed E-state index contributed by atoms with van der Waals surface area (Å²) in [6.45, 7) is 4.09. The maximum Gasteiger partial charge on any atom is 0.224 e. The van der Waals surface area contributed by atoms with Gasteiger partial charge in [0.05, 0.1) is 4.47 Å². The predicted molar refractivity (Wildman–Crippen MR) is 86.0 cm³/mol. The summed E-state index contributed by atoms with van der Waals surface area (Å²) in [5.74, 6) is 3.46. The van der Waals surface area contributed by atoms with Crippen LogP contribution in [0.25, 0.3) is 0 Å². The summed E-state index contributed by atoms with van der Waals surface area (Å²) in [6.07, 6.45) is 3.66. The van der Waals surface area contributed by atoms with Gasteiger partial charge in [-0.05, 0) is 34.5 Å². The van der Waals surface area contributed by atoms with Crippen molar-refractivity contribution in [2.24, 2.45) is 0 Å². The largest absolute Gasteiger partial charge is 0.396 e. The normalized spacial score (nSPS) is 10.5. The molecule has 0 amide bonds. The van der Waals surface area contributed by atoms with E-state index in [-0.39, 0.29) is 6.61 Å². The average Bonchev–Trinajstić information content (AvgIpc) is 2.43. The molecule has 5 nitrogen and oxygen atoms in total. The molecule has 0 atom stereocenters. The van der Waals surface area contributed by atoms with E-state index in [1.165, 1.54) is 0 Å². The van der Waals surface area contributed by atoms with Gasteiger partial charge < -0.3 is 15.7 Å². The fraction of sp³-hybridized carbons (Fsp3) is 0.667. The second kappa shape index (κ2) is 10.3. The Balaban J connectivity index is 2.34. The Hall–Kier alpha value is -0.530. The zero-order valence-corrected chi connectivity index (χ0v) is 13.6. The van der Waals surface area contributed by atoms with Crippen molar-refractivity contribution in [1.82, 2.24) is 9.97 Å². The second-order valence-corrected chi connectivity index (χ2v) is 6.01. The number of thioether (sulfide) groups is 1. The predicted octanol–water partition coefficient (Wildman–Crippen LogP) is 2.59. The summed E-state index contributed by atoms with van der Waals surface area (Å²) >= 11 is 5.26. The van der Waals surface area contributed by atoms with E-state index in [4.69, 9.17) is 5.11 Å². The third-order valence-electron chi connectivity index (χ3n) is 2.26. The van der Waals surface area contributed by atoms with E-state index in [9.17, 15) is 0 Å². The van der Waals surface area contributed by atoms with Crippen LogP contribution >= 0.6 is 27.7 Å². The molecule has 0 aliphatic carbocycles. The summed E-state index contributed by atoms with van der Waals surface area (Å²) in [4.78, 5) is 8.62. The molecule has 0 aromatic carbocycles. The van der Waals surface area contributed by atoms with Crippen LogP contribution in [0, 0.1) is 0 Å². The van der Waals surface area contributed by atoms with Gasteiger partial charge in [-0.15, -0.1) is 0 Å². The van der Waals surface area contributed by atoms with Crippen LogP contribution in [0.2, 0.25) is 0 Å². The fourth-order valence-corrected chi connectivity index (χ4v) is 2.44. The molecule has 1 heterocycles. The van der Waals surface area contributed by atoms with Crippen molar-refractivity contribution in [1.29, 1.82) is 0 Å². The van der Waals surface area contributed by atoms with Crippen LogP contribution in [0.15, 0.2) is 10.7 Å². The number of hydrogen-bond donors (Lipinski definition) is 3. The molecule has 1 rings (SSSR count). The Morgan fingerprint density at radius 1 is 1.32 bits per heavy atom. The molecule has 19 heavy (non-hydrogen) atoms. The smallest absolute Gasteiger partial charge is 0.224 e. The highest BCUT2D eigenvalue weighted by Gasteiger charge is 2.04. The molecule has 108 valence electrons. The molecule has 0 aliphatic rings. The van der Waals surface area contributed by atoms with E-state index < -0.39 is 0 Å². The van der Waals surface area contributed by atoms with Crippen LogP contribution in [-0.4, -0.2) is 46.3 Å². The number of halogens is 1. The molecule has 0 spiro atoms. The third kappa shape index (κ3) is 6.98. The maximum atomic E-state index is 8.68. The lowest BCUT2D eigenvalue weighted by atomic mass is 10.5. The highest BCUT2D eigenvalue weighted by molar-refractivity contribution is 9.10. The summed E-state index contributed by atoms with van der Waals surface area (Å²) in [7, 11) is 0. The van der Waals surface area contributed by atoms with Crippen LogP contribution < -0.4 is 10.6 Å². The molecule has 0 radical (unpaired) electrons. The number of hydrogen-bond acceptors (Lipinski definition) is 6. The summed E-state index contributed by atoms with van der Waals surface area (Å²) < 4.78 is 0.870. The van der Waals surface area contributed by atoms with E-state index in [1.54, 1.807) is 6.20 Å².